The minimum Gasteiger partial charge on any atom is -0.451 e. The number of halogens is 3. The Morgan fingerprint density at radius 3 is 2.38 bits per heavy atom. The summed E-state index contributed by atoms with van der Waals surface area (Å²) >= 11 is 0. The largest absolute Gasteiger partial charge is 0.451 e. The van der Waals surface area contributed by atoms with Crippen LogP contribution in [0.5, 0.6) is 0 Å². The van der Waals surface area contributed by atoms with Gasteiger partial charge in [-0.05, 0) is 6.92 Å². The third-order valence-electron chi connectivity index (χ3n) is 1.14. The molecule has 0 aliphatic carbocycles. The van der Waals surface area contributed by atoms with E-state index in [4.69, 9.17) is 0 Å². The second-order valence-corrected chi connectivity index (χ2v) is 2.14. The average Bonchev–Trinajstić information content (AvgIpc) is 2.02. The van der Waals surface area contributed by atoms with E-state index in [1.807, 2.05) is 0 Å². The van der Waals surface area contributed by atoms with Crippen molar-refractivity contribution in [3.63, 3.8) is 0 Å². The summed E-state index contributed by atoms with van der Waals surface area (Å²) in [5.41, 5.74) is 0.00394. The van der Waals surface area contributed by atoms with Crippen LogP contribution in [0.2, 0.25) is 0 Å². The van der Waals surface area contributed by atoms with Crippen LogP contribution in [0.4, 0.5) is 13.2 Å². The summed E-state index contributed by atoms with van der Waals surface area (Å²) in [6.45, 7) is -0.0501. The van der Waals surface area contributed by atoms with E-state index in [9.17, 15) is 18.0 Å². The van der Waals surface area contributed by atoms with Crippen molar-refractivity contribution in [2.24, 2.45) is 0 Å². The summed E-state index contributed by atoms with van der Waals surface area (Å²) in [4.78, 5) is 10.8. The number of hydrogen-bond acceptors (Lipinski definition) is 3. The highest BCUT2D eigenvalue weighted by Gasteiger charge is 2.29. The van der Waals surface area contributed by atoms with Crippen LogP contribution in [0.1, 0.15) is 6.92 Å². The molecule has 3 nitrogen and oxygen atoms in total. The Balaban J connectivity index is 4.02. The van der Waals surface area contributed by atoms with Crippen LogP contribution >= 0.6 is 0 Å². The first-order chi connectivity index (χ1) is 5.90. The van der Waals surface area contributed by atoms with Crippen LogP contribution in [0.25, 0.3) is 0 Å². The third-order valence-corrected chi connectivity index (χ3v) is 1.14. The van der Waals surface area contributed by atoms with E-state index in [2.05, 4.69) is 10.1 Å². The molecule has 0 aliphatic rings. The lowest BCUT2D eigenvalue weighted by atomic mass is 10.4. The van der Waals surface area contributed by atoms with E-state index in [0.717, 1.165) is 0 Å². The van der Waals surface area contributed by atoms with Crippen LogP contribution in [-0.2, 0) is 9.53 Å². The van der Waals surface area contributed by atoms with Crippen molar-refractivity contribution in [3.8, 4) is 0 Å². The minimum atomic E-state index is -4.48. The molecule has 0 aromatic carbocycles. The van der Waals surface area contributed by atoms with Crippen LogP contribution < -0.4 is 5.32 Å². The molecule has 0 saturated carbocycles. The molecule has 0 heterocycles. The molecule has 0 saturated heterocycles. The number of carbonyl (C=O) groups is 1. The molecule has 0 atom stereocenters. The van der Waals surface area contributed by atoms with Crippen molar-refractivity contribution >= 4 is 5.97 Å². The Morgan fingerprint density at radius 1 is 1.54 bits per heavy atom. The summed E-state index contributed by atoms with van der Waals surface area (Å²) in [6, 6.07) is 0. The molecule has 0 aromatic rings. The molecule has 13 heavy (non-hydrogen) atoms. The Bertz CT molecular complexity index is 210. The van der Waals surface area contributed by atoms with Gasteiger partial charge in [0.2, 0.25) is 0 Å². The zero-order valence-electron chi connectivity index (χ0n) is 7.23. The van der Waals surface area contributed by atoms with Crippen LogP contribution in [-0.4, -0.2) is 25.8 Å². The average molecular weight is 197 g/mol. The summed E-state index contributed by atoms with van der Waals surface area (Å²) in [5, 5.41) is 2.41. The van der Waals surface area contributed by atoms with Gasteiger partial charge in [-0.2, -0.15) is 13.2 Å². The molecule has 1 N–H and O–H groups in total. The molecule has 76 valence electrons. The fourth-order valence-electron chi connectivity index (χ4n) is 0.589. The van der Waals surface area contributed by atoms with Gasteiger partial charge in [0.1, 0.15) is 5.70 Å². The van der Waals surface area contributed by atoms with Crippen molar-refractivity contribution in [3.05, 3.63) is 11.8 Å². The first-order valence-corrected chi connectivity index (χ1v) is 3.48. The number of alkyl halides is 3. The van der Waals surface area contributed by atoms with E-state index >= 15 is 0 Å². The monoisotopic (exact) mass is 197 g/mol. The van der Waals surface area contributed by atoms with Gasteiger partial charge in [-0.25, -0.2) is 4.79 Å². The molecule has 0 bridgehead atoms. The summed E-state index contributed by atoms with van der Waals surface area (Å²) in [5.74, 6) is -1.01. The molecule has 6 heteroatoms. The molecule has 0 amide bonds. The maximum Gasteiger partial charge on any atom is 0.422 e. The zero-order chi connectivity index (χ0) is 10.5. The Kier molecular flexibility index (Phi) is 4.30. The molecular formula is C7H10F3NO2. The van der Waals surface area contributed by atoms with Gasteiger partial charge in [-0.1, -0.05) is 6.08 Å². The van der Waals surface area contributed by atoms with Gasteiger partial charge in [0.05, 0.1) is 0 Å². The van der Waals surface area contributed by atoms with E-state index in [1.54, 1.807) is 0 Å². The number of nitrogens with one attached hydrogen (secondary N) is 1. The summed E-state index contributed by atoms with van der Waals surface area (Å²) in [6.07, 6.45) is -3.15. The lowest BCUT2D eigenvalue weighted by Crippen LogP contribution is -2.24. The number of ether oxygens (including phenoxy) is 1. The van der Waals surface area contributed by atoms with Crippen LogP contribution in [0.3, 0.4) is 0 Å². The molecule has 0 spiro atoms. The molecule has 0 aromatic heterocycles. The lowest BCUT2D eigenvalue weighted by molar-refractivity contribution is -0.183. The predicted molar refractivity (Wildman–Crippen MR) is 39.8 cm³/mol. The smallest absolute Gasteiger partial charge is 0.422 e. The molecule has 0 fully saturated rings. The molecule has 0 rings (SSSR count). The first kappa shape index (κ1) is 11.8. The van der Waals surface area contributed by atoms with Gasteiger partial charge in [0.15, 0.2) is 6.61 Å². The number of allylic oxidation sites excluding steroid dienone is 1. The predicted octanol–water partition coefficient (Wildman–Crippen LogP) is 1.22. The molecule has 0 unspecified atom stereocenters. The number of carbonyl (C=O) groups excluding carboxylic acids is 1. The lowest BCUT2D eigenvalue weighted by Gasteiger charge is -2.09. The Morgan fingerprint density at radius 2 is 2.08 bits per heavy atom. The minimum absolute atomic E-state index is 0.00394. The van der Waals surface area contributed by atoms with E-state index in [-0.39, 0.29) is 5.70 Å². The van der Waals surface area contributed by atoms with Gasteiger partial charge in [0.25, 0.3) is 0 Å². The van der Waals surface area contributed by atoms with Gasteiger partial charge in [-0.15, -0.1) is 0 Å². The number of hydrogen-bond donors (Lipinski definition) is 1. The van der Waals surface area contributed by atoms with E-state index in [0.29, 0.717) is 0 Å². The van der Waals surface area contributed by atoms with Gasteiger partial charge >= 0.3 is 12.1 Å². The maximum atomic E-state index is 11.6. The normalized spacial score (nSPS) is 12.5. The standard InChI is InChI=1S/C7H10F3NO2/c1-3-5(11-2)6(12)13-4-7(8,9)10/h3,11H,4H2,1-2H3/b5-3-. The maximum absolute atomic E-state index is 11.6. The van der Waals surface area contributed by atoms with Crippen molar-refractivity contribution in [1.82, 2.24) is 5.32 Å². The number of rotatable bonds is 3. The molecular weight excluding hydrogens is 187 g/mol. The van der Waals surface area contributed by atoms with Gasteiger partial charge < -0.3 is 10.1 Å². The third kappa shape index (κ3) is 5.10. The fourth-order valence-corrected chi connectivity index (χ4v) is 0.589. The van der Waals surface area contributed by atoms with Crippen LogP contribution in [0, 0.1) is 0 Å². The van der Waals surface area contributed by atoms with Crippen molar-refractivity contribution < 1.29 is 22.7 Å². The van der Waals surface area contributed by atoms with Crippen molar-refractivity contribution in [1.29, 1.82) is 0 Å². The van der Waals surface area contributed by atoms with Crippen molar-refractivity contribution in [2.75, 3.05) is 13.7 Å². The highest BCUT2D eigenvalue weighted by molar-refractivity contribution is 5.87. The van der Waals surface area contributed by atoms with Gasteiger partial charge in [0, 0.05) is 7.05 Å². The number of likely N-dealkylation sites (N-methyl/N-ethyl adjacent to an activating group) is 1. The molecule has 0 radical (unpaired) electrons. The van der Waals surface area contributed by atoms with E-state index in [1.165, 1.54) is 20.0 Å². The highest BCUT2D eigenvalue weighted by atomic mass is 19.4. The quantitative estimate of drug-likeness (QED) is 0.546. The van der Waals surface area contributed by atoms with Crippen LogP contribution in [0.15, 0.2) is 11.8 Å². The topological polar surface area (TPSA) is 38.3 Å². The summed E-state index contributed by atoms with van der Waals surface area (Å²) < 4.78 is 38.7. The first-order valence-electron chi connectivity index (χ1n) is 3.48. The SMILES string of the molecule is C/C=C(\NC)C(=O)OCC(F)(F)F. The fraction of sp³-hybridized carbons (Fsp3) is 0.571. The number of esters is 1. The Hall–Kier alpha value is -1.20. The second kappa shape index (κ2) is 4.74. The van der Waals surface area contributed by atoms with Crippen molar-refractivity contribution in [2.45, 2.75) is 13.1 Å². The molecule has 0 aliphatic heterocycles. The zero-order valence-corrected chi connectivity index (χ0v) is 7.23. The summed E-state index contributed by atoms with van der Waals surface area (Å²) in [7, 11) is 1.42. The highest BCUT2D eigenvalue weighted by Crippen LogP contribution is 2.14. The van der Waals surface area contributed by atoms with Gasteiger partial charge in [-0.3, -0.25) is 0 Å². The van der Waals surface area contributed by atoms with E-state index < -0.39 is 18.8 Å². The second-order valence-electron chi connectivity index (χ2n) is 2.14. The Labute approximate surface area is 73.6 Å².